The number of hydrogen-bond donors (Lipinski definition) is 0. The maximum Gasteiger partial charge on any atom is 0.270 e. The van der Waals surface area contributed by atoms with E-state index >= 15 is 0 Å². The number of aryl methyl sites for hydroxylation is 1. The van der Waals surface area contributed by atoms with Gasteiger partial charge in [0.05, 0.1) is 0 Å². The van der Waals surface area contributed by atoms with Crippen molar-refractivity contribution in [3.05, 3.63) is 18.0 Å². The molecular weight excluding hydrogens is 326 g/mol. The Labute approximate surface area is 144 Å². The lowest BCUT2D eigenvalue weighted by molar-refractivity contribution is 0.0738. The summed E-state index contributed by atoms with van der Waals surface area (Å²) in [6.45, 7) is 4.70. The molecule has 0 spiro atoms. The number of hydrogen-bond acceptors (Lipinski definition) is 3. The van der Waals surface area contributed by atoms with Crippen LogP contribution in [0.4, 0.5) is 0 Å². The fourth-order valence-corrected chi connectivity index (χ4v) is 4.87. The Morgan fingerprint density at radius 3 is 2.54 bits per heavy atom. The normalized spacial score (nSPS) is 18.9. The van der Waals surface area contributed by atoms with E-state index in [2.05, 4.69) is 6.92 Å². The summed E-state index contributed by atoms with van der Waals surface area (Å²) in [5.41, 5.74) is 0.460. The third-order valence-electron chi connectivity index (χ3n) is 4.86. The summed E-state index contributed by atoms with van der Waals surface area (Å²) >= 11 is 0. The zero-order chi connectivity index (χ0) is 17.3. The molecule has 0 bridgehead atoms. The Morgan fingerprint density at radius 2 is 1.96 bits per heavy atom. The van der Waals surface area contributed by atoms with Crippen molar-refractivity contribution < 1.29 is 13.2 Å². The van der Waals surface area contributed by atoms with Gasteiger partial charge in [-0.25, -0.2) is 8.42 Å². The molecular formula is C17H27N3O3S. The van der Waals surface area contributed by atoms with Crippen molar-refractivity contribution in [3.8, 4) is 0 Å². The van der Waals surface area contributed by atoms with Gasteiger partial charge in [-0.2, -0.15) is 4.31 Å². The van der Waals surface area contributed by atoms with E-state index in [0.29, 0.717) is 31.2 Å². The Morgan fingerprint density at radius 1 is 1.29 bits per heavy atom. The van der Waals surface area contributed by atoms with Gasteiger partial charge in [-0.1, -0.05) is 6.92 Å². The Bertz CT molecular complexity index is 701. The van der Waals surface area contributed by atoms with Crippen molar-refractivity contribution in [2.75, 3.05) is 26.2 Å². The molecule has 1 aliphatic heterocycles. The molecule has 1 aromatic rings. The highest BCUT2D eigenvalue weighted by molar-refractivity contribution is 7.89. The molecule has 0 atom stereocenters. The summed E-state index contributed by atoms with van der Waals surface area (Å²) in [4.78, 5) is 15.0. The van der Waals surface area contributed by atoms with E-state index in [4.69, 9.17) is 0 Å². The maximum absolute atomic E-state index is 12.9. The van der Waals surface area contributed by atoms with Crippen molar-refractivity contribution in [2.45, 2.75) is 43.9 Å². The fraction of sp³-hybridized carbons (Fsp3) is 0.706. The second kappa shape index (κ2) is 6.88. The zero-order valence-corrected chi connectivity index (χ0v) is 15.4. The SMILES string of the molecule is CCCN(CC1CC1)C(=O)c1cc(S(=O)(=O)N2CCCC2)cn1C. The van der Waals surface area contributed by atoms with E-state index < -0.39 is 10.0 Å². The number of amides is 1. The molecule has 3 rings (SSSR count). The van der Waals surface area contributed by atoms with Crippen LogP contribution in [-0.4, -0.2) is 54.3 Å². The summed E-state index contributed by atoms with van der Waals surface area (Å²) in [7, 11) is -1.73. The predicted octanol–water partition coefficient (Wildman–Crippen LogP) is 2.07. The van der Waals surface area contributed by atoms with Gasteiger partial charge in [0.1, 0.15) is 10.6 Å². The number of sulfonamides is 1. The van der Waals surface area contributed by atoms with Crippen LogP contribution >= 0.6 is 0 Å². The van der Waals surface area contributed by atoms with Gasteiger partial charge in [-0.05, 0) is 44.1 Å². The maximum atomic E-state index is 12.9. The molecule has 6 nitrogen and oxygen atoms in total. The molecule has 1 saturated heterocycles. The zero-order valence-electron chi connectivity index (χ0n) is 14.6. The van der Waals surface area contributed by atoms with E-state index in [-0.39, 0.29) is 10.8 Å². The molecule has 1 amide bonds. The smallest absolute Gasteiger partial charge is 0.270 e. The summed E-state index contributed by atoms with van der Waals surface area (Å²) in [6.07, 6.45) is 6.67. The van der Waals surface area contributed by atoms with Gasteiger partial charge >= 0.3 is 0 Å². The summed E-state index contributed by atoms with van der Waals surface area (Å²) in [5.74, 6) is 0.558. The van der Waals surface area contributed by atoms with Gasteiger partial charge < -0.3 is 9.47 Å². The number of rotatable bonds is 7. The van der Waals surface area contributed by atoms with Crippen LogP contribution in [0.2, 0.25) is 0 Å². The van der Waals surface area contributed by atoms with Crippen LogP contribution in [0.1, 0.15) is 49.5 Å². The fourth-order valence-electron chi connectivity index (χ4n) is 3.29. The monoisotopic (exact) mass is 353 g/mol. The highest BCUT2D eigenvalue weighted by Gasteiger charge is 2.31. The second-order valence-electron chi connectivity index (χ2n) is 6.98. The van der Waals surface area contributed by atoms with Crippen LogP contribution in [0, 0.1) is 5.92 Å². The first-order chi connectivity index (χ1) is 11.4. The van der Waals surface area contributed by atoms with E-state index in [0.717, 1.165) is 25.8 Å². The van der Waals surface area contributed by atoms with Gasteiger partial charge in [-0.3, -0.25) is 4.79 Å². The molecule has 24 heavy (non-hydrogen) atoms. The molecule has 0 N–H and O–H groups in total. The second-order valence-corrected chi connectivity index (χ2v) is 8.92. The molecule has 2 aliphatic rings. The van der Waals surface area contributed by atoms with Crippen LogP contribution in [0.3, 0.4) is 0 Å². The van der Waals surface area contributed by atoms with Crippen LogP contribution < -0.4 is 0 Å². The van der Waals surface area contributed by atoms with Crippen LogP contribution in [0.5, 0.6) is 0 Å². The number of nitrogens with zero attached hydrogens (tertiary/aromatic N) is 3. The van der Waals surface area contributed by atoms with Crippen molar-refractivity contribution in [3.63, 3.8) is 0 Å². The minimum absolute atomic E-state index is 0.0610. The molecule has 2 heterocycles. The lowest BCUT2D eigenvalue weighted by Crippen LogP contribution is -2.34. The first kappa shape index (κ1) is 17.5. The van der Waals surface area contributed by atoms with Crippen molar-refractivity contribution in [1.29, 1.82) is 0 Å². The minimum Gasteiger partial charge on any atom is -0.345 e. The van der Waals surface area contributed by atoms with Gasteiger partial charge in [0.2, 0.25) is 10.0 Å². The molecule has 134 valence electrons. The molecule has 0 unspecified atom stereocenters. The third kappa shape index (κ3) is 3.52. The van der Waals surface area contributed by atoms with E-state index in [1.807, 2.05) is 4.90 Å². The van der Waals surface area contributed by atoms with Crippen LogP contribution in [-0.2, 0) is 17.1 Å². The summed E-state index contributed by atoms with van der Waals surface area (Å²) in [5, 5.41) is 0. The van der Waals surface area contributed by atoms with Gasteiger partial charge in [0, 0.05) is 39.4 Å². The molecule has 2 fully saturated rings. The minimum atomic E-state index is -3.48. The van der Waals surface area contributed by atoms with Gasteiger partial charge in [-0.15, -0.1) is 0 Å². The predicted molar refractivity (Wildman–Crippen MR) is 92.3 cm³/mol. The van der Waals surface area contributed by atoms with Gasteiger partial charge in [0.15, 0.2) is 0 Å². The molecule has 1 saturated carbocycles. The van der Waals surface area contributed by atoms with E-state index in [1.54, 1.807) is 23.9 Å². The third-order valence-corrected chi connectivity index (χ3v) is 6.72. The van der Waals surface area contributed by atoms with Crippen molar-refractivity contribution in [2.24, 2.45) is 13.0 Å². The molecule has 1 aliphatic carbocycles. The van der Waals surface area contributed by atoms with Crippen LogP contribution in [0.15, 0.2) is 17.2 Å². The Balaban J connectivity index is 1.83. The average molecular weight is 353 g/mol. The lowest BCUT2D eigenvalue weighted by Gasteiger charge is -2.22. The highest BCUT2D eigenvalue weighted by Crippen LogP contribution is 2.30. The molecule has 1 aromatic heterocycles. The largest absolute Gasteiger partial charge is 0.345 e. The van der Waals surface area contributed by atoms with Crippen molar-refractivity contribution in [1.82, 2.24) is 13.8 Å². The molecule has 0 radical (unpaired) electrons. The number of carbonyl (C=O) groups is 1. The van der Waals surface area contributed by atoms with Crippen molar-refractivity contribution >= 4 is 15.9 Å². The first-order valence-corrected chi connectivity index (χ1v) is 10.3. The standard InChI is InChI=1S/C17H27N3O3S/c1-3-8-19(12-14-6-7-14)17(21)16-11-15(13-18(16)2)24(22,23)20-9-4-5-10-20/h11,13-14H,3-10,12H2,1-2H3. The Hall–Kier alpha value is -1.34. The van der Waals surface area contributed by atoms with E-state index in [9.17, 15) is 13.2 Å². The van der Waals surface area contributed by atoms with Crippen LogP contribution in [0.25, 0.3) is 0 Å². The van der Waals surface area contributed by atoms with E-state index in [1.165, 1.54) is 17.1 Å². The molecule has 7 heteroatoms. The molecule has 0 aromatic carbocycles. The summed E-state index contributed by atoms with van der Waals surface area (Å²) < 4.78 is 28.6. The average Bonchev–Trinajstić information content (AvgIpc) is 3.03. The lowest BCUT2D eigenvalue weighted by atomic mass is 10.3. The summed E-state index contributed by atoms with van der Waals surface area (Å²) in [6, 6.07) is 1.55. The number of carbonyl (C=O) groups excluding carboxylic acids is 1. The Kier molecular flexibility index (Phi) is 5.01. The topological polar surface area (TPSA) is 62.6 Å². The quantitative estimate of drug-likeness (QED) is 0.754. The first-order valence-electron chi connectivity index (χ1n) is 8.89. The van der Waals surface area contributed by atoms with Gasteiger partial charge in [0.25, 0.3) is 5.91 Å². The number of aromatic nitrogens is 1. The highest BCUT2D eigenvalue weighted by atomic mass is 32.2.